The minimum atomic E-state index is -0.214. The quantitative estimate of drug-likeness (QED) is 0.812. The number of piperidine rings is 1. The van der Waals surface area contributed by atoms with E-state index in [1.807, 2.05) is 41.3 Å². The van der Waals surface area contributed by atoms with Crippen LogP contribution in [0.5, 0.6) is 0 Å². The van der Waals surface area contributed by atoms with E-state index in [0.29, 0.717) is 12.6 Å². The number of likely N-dealkylation sites (tertiary alicyclic amines) is 1. The van der Waals surface area contributed by atoms with Crippen LogP contribution in [0.25, 0.3) is 0 Å². The Labute approximate surface area is 160 Å². The second-order valence-corrected chi connectivity index (χ2v) is 7.22. The average molecular weight is 363 g/mol. The number of aliphatic imine (C=N–C) groups is 1. The number of carbonyl (C=O) groups excluding carboxylic acids is 1. The van der Waals surface area contributed by atoms with Gasteiger partial charge in [0.2, 0.25) is 0 Å². The molecule has 5 nitrogen and oxygen atoms in total. The van der Waals surface area contributed by atoms with Gasteiger partial charge in [-0.2, -0.15) is 0 Å². The largest absolute Gasteiger partial charge is 0.445 e. The third-order valence-electron chi connectivity index (χ3n) is 5.27. The number of para-hydroxylation sites is 2. The van der Waals surface area contributed by atoms with Crippen molar-refractivity contribution in [2.24, 2.45) is 4.99 Å². The van der Waals surface area contributed by atoms with Crippen molar-refractivity contribution in [3.8, 4) is 0 Å². The zero-order valence-electron chi connectivity index (χ0n) is 15.7. The van der Waals surface area contributed by atoms with Crippen molar-refractivity contribution in [1.82, 2.24) is 4.90 Å². The monoisotopic (exact) mass is 363 g/mol. The minimum absolute atomic E-state index is 0.214. The molecule has 0 spiro atoms. The van der Waals surface area contributed by atoms with Gasteiger partial charge < -0.3 is 14.5 Å². The molecular weight excluding hydrogens is 338 g/mol. The summed E-state index contributed by atoms with van der Waals surface area (Å²) in [5.74, 6) is 0. The molecule has 2 aromatic rings. The molecule has 1 saturated heterocycles. The number of anilines is 1. The summed E-state index contributed by atoms with van der Waals surface area (Å²) >= 11 is 0. The first-order chi connectivity index (χ1) is 13.2. The van der Waals surface area contributed by atoms with Crippen molar-refractivity contribution in [1.29, 1.82) is 0 Å². The first kappa shape index (κ1) is 17.6. The second kappa shape index (κ2) is 7.82. The molecule has 0 saturated carbocycles. The predicted molar refractivity (Wildman–Crippen MR) is 108 cm³/mol. The molecule has 1 fully saturated rings. The second-order valence-electron chi connectivity index (χ2n) is 7.22. The van der Waals surface area contributed by atoms with E-state index in [4.69, 9.17) is 4.74 Å². The lowest BCUT2D eigenvalue weighted by Crippen LogP contribution is -2.48. The lowest BCUT2D eigenvalue weighted by Gasteiger charge is -2.41. The highest BCUT2D eigenvalue weighted by molar-refractivity contribution is 5.94. The van der Waals surface area contributed by atoms with E-state index in [9.17, 15) is 4.79 Å². The number of rotatable bonds is 3. The first-order valence-electron chi connectivity index (χ1n) is 9.56. The third kappa shape index (κ3) is 3.97. The summed E-state index contributed by atoms with van der Waals surface area (Å²) in [5.41, 5.74) is 4.40. The summed E-state index contributed by atoms with van der Waals surface area (Å²) in [6.45, 7) is 4.73. The van der Waals surface area contributed by atoms with Crippen LogP contribution in [-0.4, -0.2) is 42.4 Å². The maximum atomic E-state index is 12.4. The molecule has 4 rings (SSSR count). The Bertz CT molecular complexity index is 826. The topological polar surface area (TPSA) is 45.1 Å². The first-order valence-corrected chi connectivity index (χ1v) is 9.56. The van der Waals surface area contributed by atoms with Crippen LogP contribution in [0.1, 0.15) is 25.3 Å². The van der Waals surface area contributed by atoms with E-state index in [2.05, 4.69) is 35.0 Å². The molecule has 140 valence electrons. The van der Waals surface area contributed by atoms with Crippen LogP contribution in [0.2, 0.25) is 0 Å². The number of benzene rings is 2. The number of amides is 1. The molecule has 2 aromatic carbocycles. The van der Waals surface area contributed by atoms with Gasteiger partial charge in [-0.3, -0.25) is 4.99 Å². The van der Waals surface area contributed by atoms with Crippen molar-refractivity contribution in [2.75, 3.05) is 24.5 Å². The smallest absolute Gasteiger partial charge is 0.410 e. The molecule has 0 atom stereocenters. The number of fused-ring (bicyclic) bond motifs is 1. The van der Waals surface area contributed by atoms with Gasteiger partial charge in [0.15, 0.2) is 0 Å². The van der Waals surface area contributed by atoms with Crippen LogP contribution in [0.4, 0.5) is 16.2 Å². The lowest BCUT2D eigenvalue weighted by molar-refractivity contribution is 0.0869. The minimum Gasteiger partial charge on any atom is -0.445 e. The lowest BCUT2D eigenvalue weighted by atomic mass is 10.0. The van der Waals surface area contributed by atoms with Crippen LogP contribution in [0, 0.1) is 0 Å². The maximum Gasteiger partial charge on any atom is 0.410 e. The molecule has 2 aliphatic heterocycles. The summed E-state index contributed by atoms with van der Waals surface area (Å²) in [4.78, 5) is 21.3. The van der Waals surface area contributed by atoms with Crippen LogP contribution >= 0.6 is 0 Å². The molecular formula is C22H25N3O2. The Morgan fingerprint density at radius 2 is 1.78 bits per heavy atom. The summed E-state index contributed by atoms with van der Waals surface area (Å²) in [6, 6.07) is 18.5. The van der Waals surface area contributed by atoms with E-state index < -0.39 is 0 Å². The summed E-state index contributed by atoms with van der Waals surface area (Å²) in [5, 5.41) is 0. The fraction of sp³-hybridized carbons (Fsp3) is 0.364. The Hall–Kier alpha value is -2.82. The molecule has 1 amide bonds. The predicted octanol–water partition coefficient (Wildman–Crippen LogP) is 4.40. The molecule has 2 heterocycles. The van der Waals surface area contributed by atoms with Gasteiger partial charge in [-0.15, -0.1) is 0 Å². The summed E-state index contributed by atoms with van der Waals surface area (Å²) in [6.07, 6.45) is 1.68. The van der Waals surface area contributed by atoms with E-state index in [-0.39, 0.29) is 6.09 Å². The highest BCUT2D eigenvalue weighted by Gasteiger charge is 2.30. The zero-order chi connectivity index (χ0) is 18.6. The zero-order valence-corrected chi connectivity index (χ0v) is 15.7. The fourth-order valence-electron chi connectivity index (χ4n) is 3.87. The van der Waals surface area contributed by atoms with Crippen LogP contribution in [0.3, 0.4) is 0 Å². The highest BCUT2D eigenvalue weighted by Crippen LogP contribution is 2.35. The number of nitrogens with zero attached hydrogens (tertiary/aromatic N) is 3. The van der Waals surface area contributed by atoms with Crippen LogP contribution in [-0.2, 0) is 11.3 Å². The van der Waals surface area contributed by atoms with Crippen LogP contribution < -0.4 is 4.90 Å². The van der Waals surface area contributed by atoms with Crippen LogP contribution in [0.15, 0.2) is 59.6 Å². The summed E-state index contributed by atoms with van der Waals surface area (Å²) in [7, 11) is 0. The number of carbonyl (C=O) groups is 1. The van der Waals surface area contributed by atoms with Gasteiger partial charge in [0.1, 0.15) is 6.61 Å². The van der Waals surface area contributed by atoms with Gasteiger partial charge in [-0.05, 0) is 37.5 Å². The van der Waals surface area contributed by atoms with Crippen molar-refractivity contribution in [3.05, 3.63) is 60.2 Å². The molecule has 5 heteroatoms. The van der Waals surface area contributed by atoms with Gasteiger partial charge in [0, 0.05) is 24.8 Å². The van der Waals surface area contributed by atoms with Gasteiger partial charge in [-0.25, -0.2) is 4.79 Å². The van der Waals surface area contributed by atoms with E-state index in [0.717, 1.165) is 49.4 Å². The van der Waals surface area contributed by atoms with E-state index >= 15 is 0 Å². The van der Waals surface area contributed by atoms with E-state index in [1.54, 1.807) is 0 Å². The molecule has 0 radical (unpaired) electrons. The van der Waals surface area contributed by atoms with Gasteiger partial charge in [0.25, 0.3) is 0 Å². The molecule has 2 aliphatic rings. The maximum absolute atomic E-state index is 12.4. The molecule has 0 aromatic heterocycles. The Kier molecular flexibility index (Phi) is 5.10. The van der Waals surface area contributed by atoms with E-state index in [1.165, 1.54) is 5.69 Å². The Morgan fingerprint density at radius 1 is 1.07 bits per heavy atom. The molecule has 0 bridgehead atoms. The average Bonchev–Trinajstić information content (AvgIpc) is 2.72. The van der Waals surface area contributed by atoms with Gasteiger partial charge >= 0.3 is 6.09 Å². The molecule has 27 heavy (non-hydrogen) atoms. The number of hydrogen-bond acceptors (Lipinski definition) is 4. The molecule has 0 aliphatic carbocycles. The standard InChI is InChI=1S/C22H25N3O2/c1-17-15-25(21-10-6-5-9-20(21)23-17)19-11-13-24(14-12-19)22(26)27-16-18-7-3-2-4-8-18/h2-10,19H,11-16H2,1H3. The van der Waals surface area contributed by atoms with Crippen molar-refractivity contribution in [3.63, 3.8) is 0 Å². The fourth-order valence-corrected chi connectivity index (χ4v) is 3.87. The highest BCUT2D eigenvalue weighted by atomic mass is 16.6. The SMILES string of the molecule is CC1=Nc2ccccc2N(C2CCN(C(=O)OCc3ccccc3)CC2)C1. The van der Waals surface area contributed by atoms with Crippen molar-refractivity contribution < 1.29 is 9.53 Å². The number of hydrogen-bond donors (Lipinski definition) is 0. The van der Waals surface area contributed by atoms with Crippen molar-refractivity contribution >= 4 is 23.2 Å². The third-order valence-corrected chi connectivity index (χ3v) is 5.27. The number of ether oxygens (including phenoxy) is 1. The molecule has 0 N–H and O–H groups in total. The molecule has 0 unspecified atom stereocenters. The Morgan fingerprint density at radius 3 is 2.56 bits per heavy atom. The van der Waals surface area contributed by atoms with Crippen molar-refractivity contribution in [2.45, 2.75) is 32.4 Å². The van der Waals surface area contributed by atoms with Gasteiger partial charge in [-0.1, -0.05) is 42.5 Å². The summed E-state index contributed by atoms with van der Waals surface area (Å²) < 4.78 is 5.48. The van der Waals surface area contributed by atoms with Gasteiger partial charge in [0.05, 0.1) is 17.9 Å². The normalized spacial score (nSPS) is 17.3. The Balaban J connectivity index is 1.34.